The molecule has 0 spiro atoms. The van der Waals surface area contributed by atoms with E-state index < -0.39 is 35.9 Å². The van der Waals surface area contributed by atoms with Gasteiger partial charge in [0.25, 0.3) is 0 Å². The average Bonchev–Trinajstić information content (AvgIpc) is 3.04. The van der Waals surface area contributed by atoms with Gasteiger partial charge >= 0.3 is 0 Å². The third-order valence-electron chi connectivity index (χ3n) is 6.94. The van der Waals surface area contributed by atoms with Crippen LogP contribution in [0.3, 0.4) is 0 Å². The molecule has 1 aromatic rings. The summed E-state index contributed by atoms with van der Waals surface area (Å²) in [4.78, 5) is 43.0. The number of carbonyl (C=O) groups is 3. The molecule has 4 unspecified atom stereocenters. The summed E-state index contributed by atoms with van der Waals surface area (Å²) in [5.74, 6) is -1.69. The molecule has 3 aliphatic rings. The summed E-state index contributed by atoms with van der Waals surface area (Å²) in [6, 6.07) is 7.94. The number of hydrogen-bond acceptors (Lipinski definition) is 8. The molecule has 3 amide bonds. The Bertz CT molecular complexity index is 859. The molecule has 10 heteroatoms. The molecule has 0 aromatic heterocycles. The maximum atomic E-state index is 12.6. The van der Waals surface area contributed by atoms with E-state index in [2.05, 4.69) is 15.1 Å². The lowest BCUT2D eigenvalue weighted by Crippen LogP contribution is -2.49. The number of likely N-dealkylation sites (tertiary alicyclic amines) is 1. The normalized spacial score (nSPS) is 28.1. The van der Waals surface area contributed by atoms with E-state index >= 15 is 0 Å². The Hall–Kier alpha value is -2.69. The Labute approximate surface area is 193 Å². The van der Waals surface area contributed by atoms with Gasteiger partial charge in [-0.25, -0.2) is 0 Å². The minimum absolute atomic E-state index is 0.0510. The molecule has 33 heavy (non-hydrogen) atoms. The van der Waals surface area contributed by atoms with Gasteiger partial charge in [-0.3, -0.25) is 24.2 Å². The zero-order chi connectivity index (χ0) is 23.5. The Morgan fingerprint density at radius 2 is 1.64 bits per heavy atom. The topological polar surface area (TPSA) is 123 Å². The van der Waals surface area contributed by atoms with Crippen molar-refractivity contribution in [3.63, 3.8) is 0 Å². The molecule has 3 N–H and O–H groups in total. The molecule has 2 heterocycles. The first-order valence-corrected chi connectivity index (χ1v) is 11.5. The van der Waals surface area contributed by atoms with Crippen molar-refractivity contribution in [3.05, 3.63) is 24.3 Å². The highest BCUT2D eigenvalue weighted by atomic mass is 16.5. The first kappa shape index (κ1) is 23.5. The van der Waals surface area contributed by atoms with Gasteiger partial charge in [-0.2, -0.15) is 0 Å². The van der Waals surface area contributed by atoms with E-state index in [0.717, 1.165) is 42.5 Å². The number of rotatable bonds is 7. The summed E-state index contributed by atoms with van der Waals surface area (Å²) in [7, 11) is 1.67. The Morgan fingerprint density at radius 1 is 1.03 bits per heavy atom. The zero-order valence-corrected chi connectivity index (χ0v) is 18.9. The Balaban J connectivity index is 1.20. The van der Waals surface area contributed by atoms with Crippen LogP contribution in [-0.2, 0) is 14.4 Å². The number of hydrogen-bond donors (Lipinski definition) is 3. The van der Waals surface area contributed by atoms with Gasteiger partial charge in [0.2, 0.25) is 17.7 Å². The molecule has 180 valence electrons. The van der Waals surface area contributed by atoms with E-state index in [1.54, 1.807) is 7.11 Å². The minimum atomic E-state index is -1.01. The Kier molecular flexibility index (Phi) is 7.16. The third-order valence-corrected chi connectivity index (χ3v) is 6.94. The third kappa shape index (κ3) is 4.97. The second-order valence-corrected chi connectivity index (χ2v) is 8.93. The second kappa shape index (κ2) is 10.1. The lowest BCUT2D eigenvalue weighted by atomic mass is 9.78. The molecule has 4 rings (SSSR count). The average molecular weight is 461 g/mol. The molecule has 0 bridgehead atoms. The monoisotopic (exact) mass is 460 g/mol. The predicted molar refractivity (Wildman–Crippen MR) is 120 cm³/mol. The van der Waals surface area contributed by atoms with Crippen molar-refractivity contribution in [3.8, 4) is 5.75 Å². The van der Waals surface area contributed by atoms with Crippen LogP contribution in [0.1, 0.15) is 12.8 Å². The first-order valence-electron chi connectivity index (χ1n) is 11.5. The zero-order valence-electron chi connectivity index (χ0n) is 18.9. The fourth-order valence-electron chi connectivity index (χ4n) is 5.03. The van der Waals surface area contributed by atoms with Crippen LogP contribution in [0.2, 0.25) is 0 Å². The SMILES string of the molecule is COc1ccccc1N1CCN(CCNC(=O)CN2C(=O)C3CC(O)C(O)CC3C2=O)CC1. The fourth-order valence-corrected chi connectivity index (χ4v) is 5.03. The maximum Gasteiger partial charge on any atom is 0.240 e. The number of methoxy groups -OCH3 is 1. The number of amides is 3. The molecule has 3 fully saturated rings. The number of anilines is 1. The number of carbonyl (C=O) groups excluding carboxylic acids is 3. The number of fused-ring (bicyclic) bond motifs is 1. The van der Waals surface area contributed by atoms with Crippen LogP contribution >= 0.6 is 0 Å². The maximum absolute atomic E-state index is 12.6. The molecule has 2 saturated heterocycles. The molecular formula is C23H32N4O6. The Morgan fingerprint density at radius 3 is 2.24 bits per heavy atom. The molecule has 0 radical (unpaired) electrons. The number of benzene rings is 1. The summed E-state index contributed by atoms with van der Waals surface area (Å²) in [6.45, 7) is 4.19. The number of piperazine rings is 1. The van der Waals surface area contributed by atoms with Gasteiger partial charge in [0.15, 0.2) is 0 Å². The number of nitrogens with one attached hydrogen (secondary N) is 1. The van der Waals surface area contributed by atoms with Gasteiger partial charge in [0, 0.05) is 39.3 Å². The molecule has 10 nitrogen and oxygen atoms in total. The van der Waals surface area contributed by atoms with E-state index in [1.807, 2.05) is 24.3 Å². The molecule has 4 atom stereocenters. The van der Waals surface area contributed by atoms with Crippen molar-refractivity contribution < 1.29 is 29.3 Å². The van der Waals surface area contributed by atoms with Gasteiger partial charge in [0.1, 0.15) is 12.3 Å². The summed E-state index contributed by atoms with van der Waals surface area (Å²) >= 11 is 0. The van der Waals surface area contributed by atoms with Crippen molar-refractivity contribution in [1.82, 2.24) is 15.1 Å². The van der Waals surface area contributed by atoms with Gasteiger partial charge < -0.3 is 25.2 Å². The quantitative estimate of drug-likeness (QED) is 0.445. The van der Waals surface area contributed by atoms with E-state index in [0.29, 0.717) is 13.1 Å². The van der Waals surface area contributed by atoms with Crippen molar-refractivity contribution >= 4 is 23.4 Å². The van der Waals surface area contributed by atoms with Gasteiger partial charge in [-0.15, -0.1) is 0 Å². The molecule has 1 saturated carbocycles. The van der Waals surface area contributed by atoms with Crippen molar-refractivity contribution in [2.45, 2.75) is 25.0 Å². The first-order chi connectivity index (χ1) is 15.9. The van der Waals surface area contributed by atoms with Gasteiger partial charge in [-0.05, 0) is 25.0 Å². The predicted octanol–water partition coefficient (Wildman–Crippen LogP) is -0.950. The smallest absolute Gasteiger partial charge is 0.240 e. The summed E-state index contributed by atoms with van der Waals surface area (Å²) in [5.41, 5.74) is 1.08. The number of aliphatic hydroxyl groups is 2. The van der Waals surface area contributed by atoms with Crippen molar-refractivity contribution in [1.29, 1.82) is 0 Å². The number of ether oxygens (including phenoxy) is 1. The van der Waals surface area contributed by atoms with Gasteiger partial charge in [-0.1, -0.05) is 12.1 Å². The van der Waals surface area contributed by atoms with Gasteiger partial charge in [0.05, 0.1) is 36.8 Å². The van der Waals surface area contributed by atoms with E-state index in [4.69, 9.17) is 4.74 Å². The highest BCUT2D eigenvalue weighted by Gasteiger charge is 2.52. The molecule has 2 aliphatic heterocycles. The standard InChI is InChI=1S/C23H32N4O6/c1-33-20-5-3-2-4-17(20)26-10-8-25(9-11-26)7-6-24-21(30)14-27-22(31)15-12-18(28)19(29)13-16(15)23(27)32/h2-5,15-16,18-19,28-29H,6-14H2,1H3,(H,24,30). The summed E-state index contributed by atoms with van der Waals surface area (Å²) < 4.78 is 5.45. The van der Waals surface area contributed by atoms with Crippen molar-refractivity contribution in [2.24, 2.45) is 11.8 Å². The lowest BCUT2D eigenvalue weighted by Gasteiger charge is -2.36. The van der Waals surface area contributed by atoms with E-state index in [-0.39, 0.29) is 25.3 Å². The number of imide groups is 1. The highest BCUT2D eigenvalue weighted by molar-refractivity contribution is 6.07. The molecule has 1 aromatic carbocycles. The largest absolute Gasteiger partial charge is 0.495 e. The summed E-state index contributed by atoms with van der Waals surface area (Å²) in [6.07, 6.45) is -1.93. The number of aliphatic hydroxyl groups excluding tert-OH is 2. The van der Waals surface area contributed by atoms with Crippen LogP contribution in [0, 0.1) is 11.8 Å². The van der Waals surface area contributed by atoms with Crippen LogP contribution in [-0.4, -0.2) is 103 Å². The number of para-hydroxylation sites is 2. The van der Waals surface area contributed by atoms with Crippen LogP contribution in [0.15, 0.2) is 24.3 Å². The fraction of sp³-hybridized carbons (Fsp3) is 0.609. The molecular weight excluding hydrogens is 428 g/mol. The molecule has 1 aliphatic carbocycles. The van der Waals surface area contributed by atoms with Crippen LogP contribution < -0.4 is 15.0 Å². The van der Waals surface area contributed by atoms with Crippen LogP contribution in [0.4, 0.5) is 5.69 Å². The second-order valence-electron chi connectivity index (χ2n) is 8.93. The van der Waals surface area contributed by atoms with Crippen molar-refractivity contribution in [2.75, 3.05) is 57.8 Å². The lowest BCUT2D eigenvalue weighted by molar-refractivity contribution is -0.143. The highest BCUT2D eigenvalue weighted by Crippen LogP contribution is 2.38. The van der Waals surface area contributed by atoms with E-state index in [1.165, 1.54) is 0 Å². The van der Waals surface area contributed by atoms with Crippen LogP contribution in [0.25, 0.3) is 0 Å². The minimum Gasteiger partial charge on any atom is -0.495 e. The van der Waals surface area contributed by atoms with Crippen LogP contribution in [0.5, 0.6) is 5.75 Å². The summed E-state index contributed by atoms with van der Waals surface area (Å²) in [5, 5.41) is 22.4. The van der Waals surface area contributed by atoms with E-state index in [9.17, 15) is 24.6 Å². The number of nitrogens with zero attached hydrogens (tertiary/aromatic N) is 3.